The molecule has 1 aromatic heterocycles. The largest absolute Gasteiger partial charge is 0.313 e. The summed E-state index contributed by atoms with van der Waals surface area (Å²) in [4.78, 5) is 17.2. The molecule has 0 fully saturated rings. The minimum atomic E-state index is -0.574. The first-order chi connectivity index (χ1) is 7.20. The molecule has 1 atom stereocenters. The second kappa shape index (κ2) is 5.11. The van der Waals surface area contributed by atoms with Gasteiger partial charge in [-0.2, -0.15) is 5.26 Å². The van der Waals surface area contributed by atoms with E-state index in [0.717, 1.165) is 0 Å². The Morgan fingerprint density at radius 2 is 2.47 bits per heavy atom. The number of carbonyl (C=O) groups is 1. The molecule has 0 aromatic carbocycles. The van der Waals surface area contributed by atoms with Crippen LogP contribution < -0.4 is 4.90 Å². The highest BCUT2D eigenvalue weighted by Gasteiger charge is 2.20. The molecular formula is C11H13N3O. The first-order valence-corrected chi connectivity index (χ1v) is 4.78. The predicted molar refractivity (Wildman–Crippen MR) is 57.0 cm³/mol. The summed E-state index contributed by atoms with van der Waals surface area (Å²) in [7, 11) is 1.65. The minimum absolute atomic E-state index is 0.187. The lowest BCUT2D eigenvalue weighted by Gasteiger charge is -2.18. The van der Waals surface area contributed by atoms with E-state index in [1.807, 2.05) is 13.0 Å². The van der Waals surface area contributed by atoms with Crippen molar-refractivity contribution < 1.29 is 4.79 Å². The number of hydrogen-bond acceptors (Lipinski definition) is 3. The van der Waals surface area contributed by atoms with E-state index in [4.69, 9.17) is 5.26 Å². The van der Waals surface area contributed by atoms with Gasteiger partial charge < -0.3 is 4.90 Å². The summed E-state index contributed by atoms with van der Waals surface area (Å²) in [5.74, 6) is -0.761. The van der Waals surface area contributed by atoms with Crippen LogP contribution in [-0.2, 0) is 4.79 Å². The number of nitrogens with zero attached hydrogens (tertiary/aromatic N) is 3. The Labute approximate surface area is 89.2 Å². The summed E-state index contributed by atoms with van der Waals surface area (Å²) >= 11 is 0. The van der Waals surface area contributed by atoms with Crippen molar-refractivity contribution in [3.8, 4) is 6.07 Å². The van der Waals surface area contributed by atoms with Crippen molar-refractivity contribution in [2.45, 2.75) is 13.3 Å². The smallest absolute Gasteiger partial charge is 0.244 e. The number of rotatable bonds is 3. The number of nitriles is 1. The highest BCUT2D eigenvalue weighted by Crippen LogP contribution is 2.14. The van der Waals surface area contributed by atoms with Gasteiger partial charge in [0.25, 0.3) is 0 Å². The van der Waals surface area contributed by atoms with Gasteiger partial charge in [0.15, 0.2) is 0 Å². The first kappa shape index (κ1) is 11.2. The van der Waals surface area contributed by atoms with Crippen molar-refractivity contribution in [2.75, 3.05) is 11.9 Å². The van der Waals surface area contributed by atoms with Gasteiger partial charge in [-0.05, 0) is 18.6 Å². The standard InChI is InChI=1S/C11H13N3O/c1-3-9(7-12)11(15)14(2)10-5-4-6-13-8-10/h4-6,8-9H,3H2,1-2H3. The summed E-state index contributed by atoms with van der Waals surface area (Å²) in [6.45, 7) is 1.82. The fourth-order valence-corrected chi connectivity index (χ4v) is 1.23. The van der Waals surface area contributed by atoms with E-state index in [9.17, 15) is 4.79 Å². The Morgan fingerprint density at radius 1 is 1.73 bits per heavy atom. The molecule has 1 rings (SSSR count). The van der Waals surface area contributed by atoms with Gasteiger partial charge in [0, 0.05) is 13.2 Å². The molecule has 0 N–H and O–H groups in total. The number of hydrogen-bond donors (Lipinski definition) is 0. The third-order valence-corrected chi connectivity index (χ3v) is 2.23. The Hall–Kier alpha value is -1.89. The van der Waals surface area contributed by atoms with Crippen molar-refractivity contribution >= 4 is 11.6 Å². The van der Waals surface area contributed by atoms with E-state index in [-0.39, 0.29) is 5.91 Å². The van der Waals surface area contributed by atoms with Gasteiger partial charge in [0.05, 0.1) is 18.0 Å². The van der Waals surface area contributed by atoms with E-state index in [2.05, 4.69) is 4.98 Å². The fraction of sp³-hybridized carbons (Fsp3) is 0.364. The number of pyridine rings is 1. The summed E-state index contributed by atoms with van der Waals surface area (Å²) in [5, 5.41) is 8.78. The van der Waals surface area contributed by atoms with Crippen LogP contribution >= 0.6 is 0 Å². The van der Waals surface area contributed by atoms with Gasteiger partial charge in [-0.15, -0.1) is 0 Å². The Balaban J connectivity index is 2.82. The van der Waals surface area contributed by atoms with Crippen LogP contribution in [0.1, 0.15) is 13.3 Å². The first-order valence-electron chi connectivity index (χ1n) is 4.78. The third kappa shape index (κ3) is 2.53. The lowest BCUT2D eigenvalue weighted by atomic mass is 10.1. The van der Waals surface area contributed by atoms with Crippen LogP contribution in [0.3, 0.4) is 0 Å². The van der Waals surface area contributed by atoms with Crippen LogP contribution in [0.15, 0.2) is 24.5 Å². The summed E-state index contributed by atoms with van der Waals surface area (Å²) < 4.78 is 0. The molecule has 0 spiro atoms. The second-order valence-corrected chi connectivity index (χ2v) is 3.20. The maximum atomic E-state index is 11.8. The average Bonchev–Trinajstić information content (AvgIpc) is 2.30. The topological polar surface area (TPSA) is 57.0 Å². The zero-order valence-corrected chi connectivity index (χ0v) is 8.84. The SMILES string of the molecule is CCC(C#N)C(=O)N(C)c1cccnc1. The number of amides is 1. The van der Waals surface area contributed by atoms with Crippen LogP contribution in [0.2, 0.25) is 0 Å². The molecule has 0 radical (unpaired) electrons. The number of carbonyl (C=O) groups excluding carboxylic acids is 1. The maximum Gasteiger partial charge on any atom is 0.244 e. The lowest BCUT2D eigenvalue weighted by molar-refractivity contribution is -0.120. The Kier molecular flexibility index (Phi) is 3.81. The molecule has 4 heteroatoms. The van der Waals surface area contributed by atoms with Crippen molar-refractivity contribution in [2.24, 2.45) is 5.92 Å². The predicted octanol–water partition coefficient (Wildman–Crippen LogP) is 1.59. The summed E-state index contributed by atoms with van der Waals surface area (Å²) in [6.07, 6.45) is 3.77. The molecule has 1 heterocycles. The number of anilines is 1. The second-order valence-electron chi connectivity index (χ2n) is 3.20. The van der Waals surface area contributed by atoms with E-state index in [1.165, 1.54) is 4.90 Å². The molecule has 0 bridgehead atoms. The fourth-order valence-electron chi connectivity index (χ4n) is 1.23. The molecule has 0 aliphatic heterocycles. The molecule has 0 aliphatic rings. The number of aromatic nitrogens is 1. The molecule has 0 aliphatic carbocycles. The molecule has 1 amide bonds. The van der Waals surface area contributed by atoms with Crippen molar-refractivity contribution in [1.82, 2.24) is 4.98 Å². The van der Waals surface area contributed by atoms with Crippen LogP contribution in [0.25, 0.3) is 0 Å². The average molecular weight is 203 g/mol. The normalized spacial score (nSPS) is 11.5. The molecule has 0 saturated carbocycles. The third-order valence-electron chi connectivity index (χ3n) is 2.23. The highest BCUT2D eigenvalue weighted by molar-refractivity contribution is 5.95. The van der Waals surface area contributed by atoms with Crippen LogP contribution in [0, 0.1) is 17.2 Å². The Morgan fingerprint density at radius 3 is 2.93 bits per heavy atom. The Bertz CT molecular complexity index is 369. The van der Waals surface area contributed by atoms with E-state index >= 15 is 0 Å². The van der Waals surface area contributed by atoms with Crippen molar-refractivity contribution in [3.05, 3.63) is 24.5 Å². The molecule has 1 unspecified atom stereocenters. The van der Waals surface area contributed by atoms with E-state index in [0.29, 0.717) is 12.1 Å². The zero-order chi connectivity index (χ0) is 11.3. The highest BCUT2D eigenvalue weighted by atomic mass is 16.2. The monoisotopic (exact) mass is 203 g/mol. The van der Waals surface area contributed by atoms with Crippen molar-refractivity contribution in [3.63, 3.8) is 0 Å². The molecule has 78 valence electrons. The molecule has 1 aromatic rings. The molecular weight excluding hydrogens is 190 g/mol. The molecule has 0 saturated heterocycles. The van der Waals surface area contributed by atoms with Crippen LogP contribution in [-0.4, -0.2) is 17.9 Å². The van der Waals surface area contributed by atoms with Gasteiger partial charge >= 0.3 is 0 Å². The molecule has 15 heavy (non-hydrogen) atoms. The molecule has 4 nitrogen and oxygen atoms in total. The minimum Gasteiger partial charge on any atom is -0.313 e. The van der Waals surface area contributed by atoms with Gasteiger partial charge in [-0.1, -0.05) is 6.92 Å². The van der Waals surface area contributed by atoms with Gasteiger partial charge in [-0.3, -0.25) is 9.78 Å². The summed E-state index contributed by atoms with van der Waals surface area (Å²) in [5.41, 5.74) is 0.705. The van der Waals surface area contributed by atoms with Crippen LogP contribution in [0.4, 0.5) is 5.69 Å². The quantitative estimate of drug-likeness (QED) is 0.749. The van der Waals surface area contributed by atoms with Crippen LogP contribution in [0.5, 0.6) is 0 Å². The van der Waals surface area contributed by atoms with E-state index < -0.39 is 5.92 Å². The van der Waals surface area contributed by atoms with Gasteiger partial charge in [0.1, 0.15) is 5.92 Å². The van der Waals surface area contributed by atoms with E-state index in [1.54, 1.807) is 31.6 Å². The van der Waals surface area contributed by atoms with Crippen molar-refractivity contribution in [1.29, 1.82) is 5.26 Å². The zero-order valence-electron chi connectivity index (χ0n) is 8.84. The lowest BCUT2D eigenvalue weighted by Crippen LogP contribution is -2.32. The van der Waals surface area contributed by atoms with Gasteiger partial charge in [0.2, 0.25) is 5.91 Å². The van der Waals surface area contributed by atoms with Gasteiger partial charge in [-0.25, -0.2) is 0 Å². The maximum absolute atomic E-state index is 11.8. The summed E-state index contributed by atoms with van der Waals surface area (Å²) in [6, 6.07) is 5.53.